The smallest absolute Gasteiger partial charge is 0.259 e. The molecule has 0 aliphatic rings. The van der Waals surface area contributed by atoms with Gasteiger partial charge in [-0.2, -0.15) is 0 Å². The van der Waals surface area contributed by atoms with Crippen molar-refractivity contribution in [3.05, 3.63) is 47.9 Å². The SMILES string of the molecule is Cc1nc(S(=O)(=O)NCC(O)Cc2ccccc2)cn1C. The van der Waals surface area contributed by atoms with Gasteiger partial charge in [-0.05, 0) is 18.9 Å². The molecule has 0 saturated heterocycles. The van der Waals surface area contributed by atoms with Crippen LogP contribution in [0.2, 0.25) is 0 Å². The molecule has 0 amide bonds. The minimum atomic E-state index is -3.69. The van der Waals surface area contributed by atoms with Gasteiger partial charge in [-0.15, -0.1) is 0 Å². The summed E-state index contributed by atoms with van der Waals surface area (Å²) in [5.41, 5.74) is 0.956. The van der Waals surface area contributed by atoms with Gasteiger partial charge in [0.25, 0.3) is 10.0 Å². The number of rotatable bonds is 6. The Bertz CT molecular complexity index is 676. The third kappa shape index (κ3) is 4.13. The molecule has 2 aromatic rings. The van der Waals surface area contributed by atoms with Crippen LogP contribution >= 0.6 is 0 Å². The summed E-state index contributed by atoms with van der Waals surface area (Å²) in [6, 6.07) is 9.42. The third-order valence-corrected chi connectivity index (χ3v) is 4.48. The van der Waals surface area contributed by atoms with Gasteiger partial charge in [-0.25, -0.2) is 18.1 Å². The number of hydrogen-bond acceptors (Lipinski definition) is 4. The van der Waals surface area contributed by atoms with Crippen LogP contribution in [0.25, 0.3) is 0 Å². The maximum absolute atomic E-state index is 12.1. The van der Waals surface area contributed by atoms with Crippen molar-refractivity contribution in [1.29, 1.82) is 0 Å². The Hall–Kier alpha value is -1.70. The summed E-state index contributed by atoms with van der Waals surface area (Å²) in [4.78, 5) is 3.97. The first-order chi connectivity index (χ1) is 9.88. The lowest BCUT2D eigenvalue weighted by atomic mass is 10.1. The predicted octanol–water partition coefficient (Wildman–Crippen LogP) is 0.610. The van der Waals surface area contributed by atoms with Crippen LogP contribution in [-0.4, -0.2) is 35.7 Å². The molecule has 114 valence electrons. The highest BCUT2D eigenvalue weighted by molar-refractivity contribution is 7.89. The van der Waals surface area contributed by atoms with E-state index in [1.165, 1.54) is 6.20 Å². The molecule has 1 aromatic heterocycles. The number of hydrogen-bond donors (Lipinski definition) is 2. The second kappa shape index (κ2) is 6.38. The van der Waals surface area contributed by atoms with Gasteiger partial charge in [0, 0.05) is 19.8 Å². The number of aliphatic hydroxyl groups is 1. The van der Waals surface area contributed by atoms with E-state index in [0.29, 0.717) is 12.2 Å². The highest BCUT2D eigenvalue weighted by atomic mass is 32.2. The lowest BCUT2D eigenvalue weighted by Crippen LogP contribution is -2.33. The Balaban J connectivity index is 1.95. The molecule has 2 rings (SSSR count). The van der Waals surface area contributed by atoms with E-state index in [0.717, 1.165) is 5.56 Å². The van der Waals surface area contributed by atoms with E-state index in [4.69, 9.17) is 0 Å². The zero-order chi connectivity index (χ0) is 15.5. The van der Waals surface area contributed by atoms with Crippen molar-refractivity contribution < 1.29 is 13.5 Å². The van der Waals surface area contributed by atoms with Crippen LogP contribution in [0, 0.1) is 6.92 Å². The van der Waals surface area contributed by atoms with Gasteiger partial charge in [0.1, 0.15) is 5.82 Å². The van der Waals surface area contributed by atoms with Crippen molar-refractivity contribution >= 4 is 10.0 Å². The topological polar surface area (TPSA) is 84.2 Å². The summed E-state index contributed by atoms with van der Waals surface area (Å²) in [6.07, 6.45) is 1.05. The zero-order valence-electron chi connectivity index (χ0n) is 12.0. The van der Waals surface area contributed by atoms with Crippen LogP contribution in [0.3, 0.4) is 0 Å². The van der Waals surface area contributed by atoms with Crippen molar-refractivity contribution in [3.8, 4) is 0 Å². The fourth-order valence-electron chi connectivity index (χ4n) is 1.89. The Morgan fingerprint density at radius 1 is 1.33 bits per heavy atom. The average molecular weight is 309 g/mol. The van der Waals surface area contributed by atoms with Crippen molar-refractivity contribution in [2.45, 2.75) is 24.5 Å². The van der Waals surface area contributed by atoms with E-state index >= 15 is 0 Å². The Morgan fingerprint density at radius 3 is 2.57 bits per heavy atom. The van der Waals surface area contributed by atoms with Crippen LogP contribution in [0.5, 0.6) is 0 Å². The number of nitrogens with one attached hydrogen (secondary N) is 1. The summed E-state index contributed by atoms with van der Waals surface area (Å²) in [7, 11) is -1.96. The number of imidazole rings is 1. The highest BCUT2D eigenvalue weighted by Crippen LogP contribution is 2.08. The normalized spacial score (nSPS) is 13.3. The van der Waals surface area contributed by atoms with Crippen molar-refractivity contribution in [2.75, 3.05) is 6.54 Å². The van der Waals surface area contributed by atoms with Crippen LogP contribution in [-0.2, 0) is 23.5 Å². The van der Waals surface area contributed by atoms with E-state index in [9.17, 15) is 13.5 Å². The second-order valence-electron chi connectivity index (χ2n) is 4.93. The number of benzene rings is 1. The maximum atomic E-state index is 12.1. The molecule has 6 nitrogen and oxygen atoms in total. The molecular formula is C14H19N3O3S. The van der Waals surface area contributed by atoms with E-state index < -0.39 is 16.1 Å². The fourth-order valence-corrected chi connectivity index (χ4v) is 3.00. The summed E-state index contributed by atoms with van der Waals surface area (Å²) in [6.45, 7) is 1.68. The minimum absolute atomic E-state index is 0.0330. The van der Waals surface area contributed by atoms with E-state index in [1.54, 1.807) is 18.5 Å². The van der Waals surface area contributed by atoms with E-state index in [-0.39, 0.29) is 11.6 Å². The molecule has 1 unspecified atom stereocenters. The van der Waals surface area contributed by atoms with Gasteiger partial charge in [0.05, 0.1) is 6.10 Å². The molecule has 0 fully saturated rings. The minimum Gasteiger partial charge on any atom is -0.391 e. The molecule has 0 saturated carbocycles. The molecular weight excluding hydrogens is 290 g/mol. The van der Waals surface area contributed by atoms with Gasteiger partial charge < -0.3 is 9.67 Å². The van der Waals surface area contributed by atoms with Crippen molar-refractivity contribution in [1.82, 2.24) is 14.3 Å². The number of nitrogens with zero attached hydrogens (tertiary/aromatic N) is 2. The fraction of sp³-hybridized carbons (Fsp3) is 0.357. The van der Waals surface area contributed by atoms with Crippen LogP contribution in [0.1, 0.15) is 11.4 Å². The summed E-state index contributed by atoms with van der Waals surface area (Å²) in [5, 5.41) is 9.89. The number of aryl methyl sites for hydroxylation is 2. The monoisotopic (exact) mass is 309 g/mol. The van der Waals surface area contributed by atoms with E-state index in [1.807, 2.05) is 30.3 Å². The Labute approximate surface area is 124 Å². The summed E-state index contributed by atoms with van der Waals surface area (Å²) >= 11 is 0. The van der Waals surface area contributed by atoms with Crippen molar-refractivity contribution in [3.63, 3.8) is 0 Å². The number of sulfonamides is 1. The first-order valence-electron chi connectivity index (χ1n) is 6.60. The Morgan fingerprint density at radius 2 is 2.00 bits per heavy atom. The molecule has 0 aliphatic heterocycles. The Kier molecular flexibility index (Phi) is 4.76. The zero-order valence-corrected chi connectivity index (χ0v) is 12.8. The summed E-state index contributed by atoms with van der Waals surface area (Å²) in [5.74, 6) is 0.611. The van der Waals surface area contributed by atoms with E-state index in [2.05, 4.69) is 9.71 Å². The van der Waals surface area contributed by atoms with Crippen LogP contribution in [0.4, 0.5) is 0 Å². The third-order valence-electron chi connectivity index (χ3n) is 3.18. The predicted molar refractivity (Wildman–Crippen MR) is 79.3 cm³/mol. The molecule has 0 bridgehead atoms. The van der Waals surface area contributed by atoms with Gasteiger partial charge >= 0.3 is 0 Å². The largest absolute Gasteiger partial charge is 0.391 e. The molecule has 0 spiro atoms. The molecule has 1 aromatic carbocycles. The maximum Gasteiger partial charge on any atom is 0.259 e. The van der Waals surface area contributed by atoms with Gasteiger partial charge in [0.15, 0.2) is 5.03 Å². The second-order valence-corrected chi connectivity index (χ2v) is 6.65. The quantitative estimate of drug-likeness (QED) is 0.819. The molecule has 0 aliphatic carbocycles. The van der Waals surface area contributed by atoms with Crippen LogP contribution < -0.4 is 4.72 Å². The molecule has 1 atom stereocenters. The first kappa shape index (κ1) is 15.7. The van der Waals surface area contributed by atoms with Gasteiger partial charge in [0.2, 0.25) is 0 Å². The highest BCUT2D eigenvalue weighted by Gasteiger charge is 2.19. The van der Waals surface area contributed by atoms with Gasteiger partial charge in [-0.1, -0.05) is 30.3 Å². The first-order valence-corrected chi connectivity index (χ1v) is 8.08. The summed E-state index contributed by atoms with van der Waals surface area (Å²) < 4.78 is 28.1. The van der Waals surface area contributed by atoms with Gasteiger partial charge in [-0.3, -0.25) is 0 Å². The number of aromatic nitrogens is 2. The molecule has 2 N–H and O–H groups in total. The molecule has 0 radical (unpaired) electrons. The standard InChI is InChI=1S/C14H19N3O3S/c1-11-16-14(10-17(11)2)21(19,20)15-9-13(18)8-12-6-4-3-5-7-12/h3-7,10,13,15,18H,8-9H2,1-2H3. The molecule has 21 heavy (non-hydrogen) atoms. The van der Waals surface area contributed by atoms with Crippen molar-refractivity contribution in [2.24, 2.45) is 7.05 Å². The molecule has 1 heterocycles. The molecule has 7 heteroatoms. The number of aliphatic hydroxyl groups excluding tert-OH is 1. The van der Waals surface area contributed by atoms with Crippen LogP contribution in [0.15, 0.2) is 41.6 Å². The lowest BCUT2D eigenvalue weighted by Gasteiger charge is -2.11. The average Bonchev–Trinajstić information content (AvgIpc) is 2.79. The lowest BCUT2D eigenvalue weighted by molar-refractivity contribution is 0.179.